The van der Waals surface area contributed by atoms with Crippen LogP contribution in [0.5, 0.6) is 5.75 Å². The summed E-state index contributed by atoms with van der Waals surface area (Å²) in [6, 6.07) is 5.69. The molecule has 2 nitrogen and oxygen atoms in total. The fourth-order valence-electron chi connectivity index (χ4n) is 3.92. The lowest BCUT2D eigenvalue weighted by Crippen LogP contribution is -2.45. The molecule has 1 saturated carbocycles. The van der Waals surface area contributed by atoms with Crippen molar-refractivity contribution in [3.8, 4) is 5.75 Å². The molecule has 102 valence electrons. The first kappa shape index (κ1) is 12.6. The summed E-state index contributed by atoms with van der Waals surface area (Å²) in [6.07, 6.45) is 1.30. The van der Waals surface area contributed by atoms with Crippen LogP contribution in [0.25, 0.3) is 0 Å². The number of alkyl halides is 1. The monoisotopic (exact) mass is 262 g/mol. The van der Waals surface area contributed by atoms with E-state index < -0.39 is 11.6 Å². The molecule has 3 rings (SSSR count). The Bertz CT molecular complexity index is 525. The van der Waals surface area contributed by atoms with Crippen molar-refractivity contribution in [2.24, 2.45) is 0 Å². The molecule has 0 saturated heterocycles. The van der Waals surface area contributed by atoms with Gasteiger partial charge >= 0.3 is 0 Å². The smallest absolute Gasteiger partial charge is 0.146 e. The summed E-state index contributed by atoms with van der Waals surface area (Å²) >= 11 is 0. The minimum atomic E-state index is -1.06. The molecule has 1 aromatic rings. The molecule has 0 aliphatic heterocycles. The summed E-state index contributed by atoms with van der Waals surface area (Å²) in [5.41, 5.74) is 1.02. The number of carbonyl (C=O) groups is 1. The van der Waals surface area contributed by atoms with Gasteiger partial charge in [-0.25, -0.2) is 4.39 Å². The van der Waals surface area contributed by atoms with Crippen molar-refractivity contribution < 1.29 is 13.9 Å². The van der Waals surface area contributed by atoms with Crippen LogP contribution >= 0.6 is 0 Å². The van der Waals surface area contributed by atoms with Crippen molar-refractivity contribution in [1.82, 2.24) is 0 Å². The molecule has 0 aromatic heterocycles. The average molecular weight is 262 g/mol. The summed E-state index contributed by atoms with van der Waals surface area (Å²) in [5, 5.41) is 0. The Morgan fingerprint density at radius 2 is 2.21 bits per heavy atom. The number of halogens is 1. The summed E-state index contributed by atoms with van der Waals surface area (Å²) in [6.45, 7) is 2.01. The van der Waals surface area contributed by atoms with E-state index in [9.17, 15) is 9.18 Å². The Hall–Kier alpha value is -1.38. The Labute approximate surface area is 113 Å². The maximum absolute atomic E-state index is 14.7. The first-order valence-corrected chi connectivity index (χ1v) is 6.96. The van der Waals surface area contributed by atoms with Crippen molar-refractivity contribution in [3.05, 3.63) is 29.3 Å². The zero-order chi connectivity index (χ0) is 13.6. The highest BCUT2D eigenvalue weighted by molar-refractivity contribution is 5.94. The van der Waals surface area contributed by atoms with Crippen molar-refractivity contribution in [2.75, 3.05) is 7.11 Å². The largest absolute Gasteiger partial charge is 0.496 e. The van der Waals surface area contributed by atoms with Crippen molar-refractivity contribution in [1.29, 1.82) is 0 Å². The third kappa shape index (κ3) is 1.57. The molecule has 0 bridgehead atoms. The standard InChI is InChI=1S/C16H19FO2/c1-10-9-13(17)16(8-4-7-14(16)18)11-5-3-6-12(19-2)15(10)11/h3,5-6,10,13H,4,7-9H2,1-2H3/t10-,13+,16-/m0/s1. The van der Waals surface area contributed by atoms with E-state index in [1.807, 2.05) is 25.1 Å². The topological polar surface area (TPSA) is 26.3 Å². The summed E-state index contributed by atoms with van der Waals surface area (Å²) in [5.74, 6) is 0.956. The lowest BCUT2D eigenvalue weighted by Gasteiger charge is -2.40. The SMILES string of the molecule is COc1cccc2c1[C@@H](C)C[C@@H](F)[C@]21CCCC1=O. The molecule has 0 unspecified atom stereocenters. The van der Waals surface area contributed by atoms with Crippen LogP contribution in [0.3, 0.4) is 0 Å². The number of fused-ring (bicyclic) bond motifs is 2. The van der Waals surface area contributed by atoms with Gasteiger partial charge in [-0.15, -0.1) is 0 Å². The van der Waals surface area contributed by atoms with Crippen LogP contribution in [0.2, 0.25) is 0 Å². The van der Waals surface area contributed by atoms with Crippen molar-refractivity contribution >= 4 is 5.78 Å². The molecule has 2 aliphatic rings. The number of hydrogen-bond acceptors (Lipinski definition) is 2. The Balaban J connectivity index is 2.25. The van der Waals surface area contributed by atoms with Crippen molar-refractivity contribution in [3.63, 3.8) is 0 Å². The number of ether oxygens (including phenoxy) is 1. The number of hydrogen-bond donors (Lipinski definition) is 0. The van der Waals surface area contributed by atoms with Gasteiger partial charge in [0.05, 0.1) is 12.5 Å². The van der Waals surface area contributed by atoms with Gasteiger partial charge < -0.3 is 4.74 Å². The normalized spacial score (nSPS) is 33.5. The van der Waals surface area contributed by atoms with E-state index in [1.165, 1.54) is 0 Å². The van der Waals surface area contributed by atoms with E-state index in [2.05, 4.69) is 0 Å². The molecule has 1 fully saturated rings. The highest BCUT2D eigenvalue weighted by Gasteiger charge is 2.54. The molecule has 0 radical (unpaired) electrons. The highest BCUT2D eigenvalue weighted by Crippen LogP contribution is 2.53. The molecule has 0 N–H and O–H groups in total. The van der Waals surface area contributed by atoms with Crippen molar-refractivity contribution in [2.45, 2.75) is 50.1 Å². The number of methoxy groups -OCH3 is 1. The molecule has 0 heterocycles. The van der Waals surface area contributed by atoms with Crippen LogP contribution in [-0.4, -0.2) is 19.1 Å². The number of ketones is 1. The van der Waals surface area contributed by atoms with Gasteiger partial charge in [0.25, 0.3) is 0 Å². The van der Waals surface area contributed by atoms with Gasteiger partial charge in [-0.1, -0.05) is 19.1 Å². The van der Waals surface area contributed by atoms with Gasteiger partial charge in [0.2, 0.25) is 0 Å². The molecule has 2 aliphatic carbocycles. The second-order valence-corrected chi connectivity index (χ2v) is 5.77. The fraction of sp³-hybridized carbons (Fsp3) is 0.562. The van der Waals surface area contributed by atoms with Gasteiger partial charge in [0, 0.05) is 12.0 Å². The van der Waals surface area contributed by atoms with E-state index in [-0.39, 0.29) is 11.7 Å². The van der Waals surface area contributed by atoms with Crippen LogP contribution in [0.15, 0.2) is 18.2 Å². The first-order valence-electron chi connectivity index (χ1n) is 6.96. The quantitative estimate of drug-likeness (QED) is 0.774. The zero-order valence-electron chi connectivity index (χ0n) is 11.4. The second kappa shape index (κ2) is 4.32. The van der Waals surface area contributed by atoms with Crippen LogP contribution in [0.1, 0.15) is 49.7 Å². The molecular formula is C16H19FO2. The predicted molar refractivity (Wildman–Crippen MR) is 71.5 cm³/mol. The lowest BCUT2D eigenvalue weighted by molar-refractivity contribution is -0.125. The minimum absolute atomic E-state index is 0.0707. The van der Waals surface area contributed by atoms with E-state index in [0.29, 0.717) is 19.3 Å². The molecular weight excluding hydrogens is 243 g/mol. The third-order valence-corrected chi connectivity index (χ3v) is 4.83. The first-order chi connectivity index (χ1) is 9.11. The average Bonchev–Trinajstić information content (AvgIpc) is 2.78. The van der Waals surface area contributed by atoms with E-state index >= 15 is 0 Å². The molecule has 19 heavy (non-hydrogen) atoms. The van der Waals surface area contributed by atoms with Crippen LogP contribution in [-0.2, 0) is 10.2 Å². The lowest BCUT2D eigenvalue weighted by atomic mass is 9.64. The number of rotatable bonds is 1. The number of carbonyl (C=O) groups excluding carboxylic acids is 1. The van der Waals surface area contributed by atoms with Gasteiger partial charge in [0.15, 0.2) is 0 Å². The predicted octanol–water partition coefficient (Wildman–Crippen LogP) is 3.53. The molecule has 1 aromatic carbocycles. The molecule has 3 atom stereocenters. The van der Waals surface area contributed by atoms with Gasteiger partial charge in [0.1, 0.15) is 17.7 Å². The zero-order valence-corrected chi connectivity index (χ0v) is 11.4. The Morgan fingerprint density at radius 3 is 2.84 bits per heavy atom. The third-order valence-electron chi connectivity index (χ3n) is 4.83. The van der Waals surface area contributed by atoms with Gasteiger partial charge in [-0.3, -0.25) is 4.79 Å². The number of benzene rings is 1. The van der Waals surface area contributed by atoms with Gasteiger partial charge in [-0.2, -0.15) is 0 Å². The van der Waals surface area contributed by atoms with Gasteiger partial charge in [-0.05, 0) is 36.8 Å². The van der Waals surface area contributed by atoms with E-state index in [1.54, 1.807) is 7.11 Å². The molecule has 0 amide bonds. The summed E-state index contributed by atoms with van der Waals surface area (Å²) in [4.78, 5) is 12.3. The summed E-state index contributed by atoms with van der Waals surface area (Å²) in [7, 11) is 1.63. The van der Waals surface area contributed by atoms with Crippen LogP contribution in [0.4, 0.5) is 4.39 Å². The minimum Gasteiger partial charge on any atom is -0.496 e. The maximum atomic E-state index is 14.7. The molecule has 3 heteroatoms. The summed E-state index contributed by atoms with van der Waals surface area (Å²) < 4.78 is 20.1. The van der Waals surface area contributed by atoms with E-state index in [4.69, 9.17) is 4.74 Å². The van der Waals surface area contributed by atoms with E-state index in [0.717, 1.165) is 23.3 Å². The second-order valence-electron chi connectivity index (χ2n) is 5.77. The highest BCUT2D eigenvalue weighted by atomic mass is 19.1. The Kier molecular flexibility index (Phi) is 2.88. The van der Waals surface area contributed by atoms with Crippen LogP contribution in [0, 0.1) is 0 Å². The fourth-order valence-corrected chi connectivity index (χ4v) is 3.92. The number of Topliss-reactive ketones (excluding diaryl/α,β-unsaturated/α-hetero) is 1. The van der Waals surface area contributed by atoms with Crippen LogP contribution < -0.4 is 4.74 Å². The Morgan fingerprint density at radius 1 is 1.42 bits per heavy atom. The molecule has 1 spiro atoms. The maximum Gasteiger partial charge on any atom is 0.146 e.